The van der Waals surface area contributed by atoms with E-state index in [9.17, 15) is 9.90 Å². The van der Waals surface area contributed by atoms with Gasteiger partial charge >= 0.3 is 5.97 Å². The molecule has 3 nitrogen and oxygen atoms in total. The first-order valence-corrected chi connectivity index (χ1v) is 10.0. The van der Waals surface area contributed by atoms with Gasteiger partial charge < -0.3 is 9.84 Å². The molecule has 0 aromatic rings. The van der Waals surface area contributed by atoms with Crippen LogP contribution in [-0.2, 0) is 9.53 Å². The van der Waals surface area contributed by atoms with Gasteiger partial charge in [0.15, 0.2) is 0 Å². The van der Waals surface area contributed by atoms with Crippen LogP contribution in [0, 0.1) is 22.7 Å². The molecule has 144 valence electrons. The molecule has 4 atom stereocenters. The second kappa shape index (κ2) is 7.42. The van der Waals surface area contributed by atoms with Crippen molar-refractivity contribution in [2.24, 2.45) is 22.7 Å². The molecule has 25 heavy (non-hydrogen) atoms. The first kappa shape index (κ1) is 20.5. The molecule has 0 heterocycles. The SMILES string of the molecule is CC(=O)OC/C=C(\C)CC[C@@H]1[C@@]2(C)CCCC(C)(C)[C@@H]2CC[C@@]1(C)O. The summed E-state index contributed by atoms with van der Waals surface area (Å²) in [5.41, 5.74) is 1.27. The number of allylic oxidation sites excluding steroid dienone is 1. The molecule has 2 aliphatic carbocycles. The van der Waals surface area contributed by atoms with Crippen LogP contribution in [0.15, 0.2) is 11.6 Å². The molecule has 1 N–H and O–H groups in total. The van der Waals surface area contributed by atoms with Crippen molar-refractivity contribution in [1.82, 2.24) is 0 Å². The number of hydrogen-bond donors (Lipinski definition) is 1. The Balaban J connectivity index is 2.11. The Bertz CT molecular complexity index is 517. The second-order valence-corrected chi connectivity index (χ2v) is 9.74. The fourth-order valence-corrected chi connectivity index (χ4v) is 6.04. The van der Waals surface area contributed by atoms with Crippen LogP contribution in [0.5, 0.6) is 0 Å². The molecule has 0 spiro atoms. The van der Waals surface area contributed by atoms with E-state index in [1.807, 2.05) is 6.08 Å². The van der Waals surface area contributed by atoms with Gasteiger partial charge in [0.1, 0.15) is 6.61 Å². The van der Waals surface area contributed by atoms with Crippen molar-refractivity contribution in [2.75, 3.05) is 6.61 Å². The zero-order valence-electron chi connectivity index (χ0n) is 17.2. The standard InChI is InChI=1S/C22H38O3/c1-16(11-15-25-17(2)23)8-9-19-21(5)13-7-12-20(3,4)18(21)10-14-22(19,6)24/h11,18-19,24H,7-10,12-15H2,1-6H3/b16-11+/t18-,19+,21-,22+/m0/s1. The normalized spacial score (nSPS) is 38.1. The Hall–Kier alpha value is -0.830. The number of hydrogen-bond acceptors (Lipinski definition) is 3. The summed E-state index contributed by atoms with van der Waals surface area (Å²) in [5.74, 6) is 0.791. The van der Waals surface area contributed by atoms with Crippen LogP contribution in [0.1, 0.15) is 86.5 Å². The van der Waals surface area contributed by atoms with Crippen molar-refractivity contribution in [3.63, 3.8) is 0 Å². The summed E-state index contributed by atoms with van der Waals surface area (Å²) in [6, 6.07) is 0. The van der Waals surface area contributed by atoms with Gasteiger partial charge in [0.2, 0.25) is 0 Å². The number of esters is 1. The molecule has 0 aromatic carbocycles. The van der Waals surface area contributed by atoms with Gasteiger partial charge in [0, 0.05) is 6.92 Å². The van der Waals surface area contributed by atoms with Crippen LogP contribution in [0.25, 0.3) is 0 Å². The smallest absolute Gasteiger partial charge is 0.302 e. The third-order valence-corrected chi connectivity index (χ3v) is 7.31. The van der Waals surface area contributed by atoms with Crippen molar-refractivity contribution in [3.05, 3.63) is 11.6 Å². The highest BCUT2D eigenvalue weighted by atomic mass is 16.5. The lowest BCUT2D eigenvalue weighted by Gasteiger charge is -2.61. The lowest BCUT2D eigenvalue weighted by molar-refractivity contribution is -0.168. The maximum absolute atomic E-state index is 11.2. The molecule has 0 aromatic heterocycles. The molecule has 0 amide bonds. The van der Waals surface area contributed by atoms with Crippen LogP contribution in [0.4, 0.5) is 0 Å². The predicted molar refractivity (Wildman–Crippen MR) is 102 cm³/mol. The van der Waals surface area contributed by atoms with Crippen LogP contribution in [-0.4, -0.2) is 23.3 Å². The molecule has 0 unspecified atom stereocenters. The minimum Gasteiger partial charge on any atom is -0.462 e. The minimum atomic E-state index is -0.575. The molecule has 0 aliphatic heterocycles. The van der Waals surface area contributed by atoms with Gasteiger partial charge in [-0.3, -0.25) is 4.79 Å². The summed E-state index contributed by atoms with van der Waals surface area (Å²) in [4.78, 5) is 10.9. The average molecular weight is 351 g/mol. The monoisotopic (exact) mass is 350 g/mol. The van der Waals surface area contributed by atoms with Crippen LogP contribution in [0.2, 0.25) is 0 Å². The number of rotatable bonds is 5. The zero-order valence-corrected chi connectivity index (χ0v) is 17.2. The van der Waals surface area contributed by atoms with E-state index in [2.05, 4.69) is 34.6 Å². The molecule has 3 heteroatoms. The quantitative estimate of drug-likeness (QED) is 0.543. The van der Waals surface area contributed by atoms with Crippen molar-refractivity contribution < 1.29 is 14.6 Å². The summed E-state index contributed by atoms with van der Waals surface area (Å²) >= 11 is 0. The highest BCUT2D eigenvalue weighted by molar-refractivity contribution is 5.66. The molecule has 2 fully saturated rings. The second-order valence-electron chi connectivity index (χ2n) is 9.74. The van der Waals surface area contributed by atoms with E-state index in [4.69, 9.17) is 4.74 Å². The Morgan fingerprint density at radius 2 is 1.84 bits per heavy atom. The summed E-state index contributed by atoms with van der Waals surface area (Å²) < 4.78 is 5.01. The fraction of sp³-hybridized carbons (Fsp3) is 0.864. The molecule has 2 aliphatic rings. The summed E-state index contributed by atoms with van der Waals surface area (Å²) in [5, 5.41) is 11.2. The third-order valence-electron chi connectivity index (χ3n) is 7.31. The predicted octanol–water partition coefficient (Wildman–Crippen LogP) is 5.27. The zero-order chi connectivity index (χ0) is 18.9. The highest BCUT2D eigenvalue weighted by Gasteiger charge is 2.57. The summed E-state index contributed by atoms with van der Waals surface area (Å²) in [7, 11) is 0. The lowest BCUT2D eigenvalue weighted by Crippen LogP contribution is -2.57. The fourth-order valence-electron chi connectivity index (χ4n) is 6.04. The van der Waals surface area contributed by atoms with Crippen molar-refractivity contribution in [2.45, 2.75) is 92.1 Å². The topological polar surface area (TPSA) is 46.5 Å². The van der Waals surface area contributed by atoms with Gasteiger partial charge in [0.05, 0.1) is 5.60 Å². The summed E-state index contributed by atoms with van der Waals surface area (Å²) in [6.45, 7) is 13.2. The number of carbonyl (C=O) groups excluding carboxylic acids is 1. The maximum Gasteiger partial charge on any atom is 0.302 e. The summed E-state index contributed by atoms with van der Waals surface area (Å²) in [6.07, 6.45) is 9.86. The van der Waals surface area contributed by atoms with E-state index in [0.29, 0.717) is 23.9 Å². The van der Waals surface area contributed by atoms with Gasteiger partial charge in [-0.25, -0.2) is 0 Å². The van der Waals surface area contributed by atoms with Crippen molar-refractivity contribution in [1.29, 1.82) is 0 Å². The molecule has 0 bridgehead atoms. The van der Waals surface area contributed by atoms with Crippen molar-refractivity contribution >= 4 is 5.97 Å². The Kier molecular flexibility index (Phi) is 6.08. The third kappa shape index (κ3) is 4.48. The van der Waals surface area contributed by atoms with E-state index in [0.717, 1.165) is 25.7 Å². The first-order valence-electron chi connectivity index (χ1n) is 10.0. The number of ether oxygens (including phenoxy) is 1. The average Bonchev–Trinajstić information content (AvgIpc) is 2.44. The maximum atomic E-state index is 11.2. The first-order chi connectivity index (χ1) is 11.5. The van der Waals surface area contributed by atoms with E-state index in [-0.39, 0.29) is 11.4 Å². The van der Waals surface area contributed by atoms with Gasteiger partial charge in [-0.05, 0) is 81.1 Å². The highest BCUT2D eigenvalue weighted by Crippen LogP contribution is 2.62. The van der Waals surface area contributed by atoms with Crippen LogP contribution >= 0.6 is 0 Å². The number of carbonyl (C=O) groups is 1. The Morgan fingerprint density at radius 1 is 1.16 bits per heavy atom. The number of aliphatic hydroxyl groups is 1. The molecular formula is C22H38O3. The van der Waals surface area contributed by atoms with Crippen molar-refractivity contribution in [3.8, 4) is 0 Å². The molecule has 2 rings (SSSR count). The van der Waals surface area contributed by atoms with E-state index in [1.54, 1.807) is 0 Å². The van der Waals surface area contributed by atoms with Crippen LogP contribution < -0.4 is 0 Å². The Labute approximate surface area is 154 Å². The van der Waals surface area contributed by atoms with E-state index < -0.39 is 5.60 Å². The largest absolute Gasteiger partial charge is 0.462 e. The van der Waals surface area contributed by atoms with Crippen LogP contribution in [0.3, 0.4) is 0 Å². The number of fused-ring (bicyclic) bond motifs is 1. The Morgan fingerprint density at radius 3 is 2.48 bits per heavy atom. The van der Waals surface area contributed by atoms with E-state index in [1.165, 1.54) is 31.8 Å². The van der Waals surface area contributed by atoms with E-state index >= 15 is 0 Å². The molecular weight excluding hydrogens is 312 g/mol. The lowest BCUT2D eigenvalue weighted by atomic mass is 9.45. The molecule has 2 saturated carbocycles. The molecule has 0 radical (unpaired) electrons. The van der Waals surface area contributed by atoms with Gasteiger partial charge in [-0.1, -0.05) is 32.8 Å². The minimum absolute atomic E-state index is 0.222. The molecule has 0 saturated heterocycles. The van der Waals surface area contributed by atoms with Gasteiger partial charge in [0.25, 0.3) is 0 Å². The van der Waals surface area contributed by atoms with Gasteiger partial charge in [-0.15, -0.1) is 0 Å². The van der Waals surface area contributed by atoms with Gasteiger partial charge in [-0.2, -0.15) is 0 Å².